The minimum atomic E-state index is 0.195. The fourth-order valence-electron chi connectivity index (χ4n) is 3.02. The van der Waals surface area contributed by atoms with Gasteiger partial charge in [-0.05, 0) is 37.0 Å². The van der Waals surface area contributed by atoms with Crippen LogP contribution in [0.2, 0.25) is 0 Å². The molecule has 2 rings (SSSR count). The average Bonchev–Trinajstić information content (AvgIpc) is 2.65. The molecule has 0 bridgehead atoms. The first-order valence-electron chi connectivity index (χ1n) is 9.05. The van der Waals surface area contributed by atoms with Gasteiger partial charge in [0, 0.05) is 18.2 Å². The van der Waals surface area contributed by atoms with Gasteiger partial charge in [-0.25, -0.2) is 0 Å². The molecule has 1 aromatic carbocycles. The van der Waals surface area contributed by atoms with Crippen LogP contribution in [0.5, 0.6) is 5.75 Å². The van der Waals surface area contributed by atoms with Crippen LogP contribution in [-0.4, -0.2) is 24.1 Å². The first-order valence-corrected chi connectivity index (χ1v) is 9.05. The minimum absolute atomic E-state index is 0.195. The maximum absolute atomic E-state index is 6.14. The van der Waals surface area contributed by atoms with E-state index in [9.17, 15) is 0 Å². The van der Waals surface area contributed by atoms with Crippen LogP contribution in [0.25, 0.3) is 11.3 Å². The number of para-hydroxylation sites is 1. The lowest BCUT2D eigenvalue weighted by Gasteiger charge is -2.18. The summed E-state index contributed by atoms with van der Waals surface area (Å²) in [6, 6.07) is 9.85. The number of nitrogens with zero attached hydrogens (tertiary/aromatic N) is 2. The van der Waals surface area contributed by atoms with Gasteiger partial charge in [0.1, 0.15) is 11.6 Å². The number of unbranched alkanes of at least 4 members (excludes halogenated alkanes) is 2. The Kier molecular flexibility index (Phi) is 7.67. The summed E-state index contributed by atoms with van der Waals surface area (Å²) in [6.45, 7) is 4.62. The monoisotopic (exact) mass is 343 g/mol. The molecule has 0 aliphatic heterocycles. The van der Waals surface area contributed by atoms with Crippen molar-refractivity contribution in [2.45, 2.75) is 51.9 Å². The van der Waals surface area contributed by atoms with E-state index in [1.165, 1.54) is 19.3 Å². The van der Waals surface area contributed by atoms with Crippen LogP contribution in [0.4, 0.5) is 5.82 Å². The Morgan fingerprint density at radius 3 is 2.64 bits per heavy atom. The smallest absolute Gasteiger partial charge is 0.188 e. The normalized spacial score (nSPS) is 12.1. The van der Waals surface area contributed by atoms with E-state index in [-0.39, 0.29) is 6.79 Å². The number of nitrogen functional groups attached to an aromatic ring is 1. The van der Waals surface area contributed by atoms with Gasteiger partial charge >= 0.3 is 0 Å². The Bertz CT molecular complexity index is 661. The van der Waals surface area contributed by atoms with Gasteiger partial charge in [0.2, 0.25) is 0 Å². The molecule has 136 valence electrons. The summed E-state index contributed by atoms with van der Waals surface area (Å²) in [5.41, 5.74) is 8.91. The molecule has 5 heteroatoms. The van der Waals surface area contributed by atoms with Gasteiger partial charge in [0.15, 0.2) is 6.79 Å². The molecule has 0 radical (unpaired) electrons. The summed E-state index contributed by atoms with van der Waals surface area (Å²) in [5, 5.41) is 8.51. The second-order valence-electron chi connectivity index (χ2n) is 6.22. The first kappa shape index (κ1) is 19.2. The fourth-order valence-corrected chi connectivity index (χ4v) is 3.02. The van der Waals surface area contributed by atoms with Crippen molar-refractivity contribution in [3.63, 3.8) is 0 Å². The molecule has 0 aliphatic carbocycles. The second-order valence-corrected chi connectivity index (χ2v) is 6.22. The summed E-state index contributed by atoms with van der Waals surface area (Å²) in [7, 11) is 1.60. The standard InChI is InChI=1S/C20H29N3O2/c1-4-6-7-10-15(5-2)17-13-18(22-23-20(17)21)16-11-8-9-12-19(16)25-14-24-3/h8-9,11-13,15H,4-7,10,14H2,1-3H3,(H2,21,23). The predicted molar refractivity (Wildman–Crippen MR) is 102 cm³/mol. The molecule has 2 N–H and O–H groups in total. The van der Waals surface area contributed by atoms with Gasteiger partial charge in [0.25, 0.3) is 0 Å². The molecule has 0 fully saturated rings. The third-order valence-electron chi connectivity index (χ3n) is 4.44. The number of aromatic nitrogens is 2. The molecule has 1 unspecified atom stereocenters. The average molecular weight is 343 g/mol. The highest BCUT2D eigenvalue weighted by Gasteiger charge is 2.17. The Hall–Kier alpha value is -2.14. The molecule has 1 atom stereocenters. The minimum Gasteiger partial charge on any atom is -0.467 e. The van der Waals surface area contributed by atoms with Crippen molar-refractivity contribution in [1.29, 1.82) is 0 Å². The van der Waals surface area contributed by atoms with Crippen molar-refractivity contribution >= 4 is 5.82 Å². The summed E-state index contributed by atoms with van der Waals surface area (Å²) in [5.74, 6) is 1.67. The zero-order chi connectivity index (χ0) is 18.1. The van der Waals surface area contributed by atoms with Gasteiger partial charge in [-0.1, -0.05) is 45.2 Å². The number of benzene rings is 1. The van der Waals surface area contributed by atoms with Crippen molar-refractivity contribution in [1.82, 2.24) is 10.2 Å². The number of rotatable bonds is 10. The molecule has 25 heavy (non-hydrogen) atoms. The largest absolute Gasteiger partial charge is 0.467 e. The highest BCUT2D eigenvalue weighted by Crippen LogP contribution is 2.34. The van der Waals surface area contributed by atoms with Gasteiger partial charge in [-0.2, -0.15) is 0 Å². The van der Waals surface area contributed by atoms with Crippen molar-refractivity contribution in [3.8, 4) is 17.0 Å². The van der Waals surface area contributed by atoms with Gasteiger partial charge < -0.3 is 15.2 Å². The Labute approximate surface area is 150 Å². The van der Waals surface area contributed by atoms with Crippen LogP contribution < -0.4 is 10.5 Å². The number of hydrogen-bond acceptors (Lipinski definition) is 5. The summed E-state index contributed by atoms with van der Waals surface area (Å²) in [6.07, 6.45) is 5.84. The molecule has 0 spiro atoms. The first-order chi connectivity index (χ1) is 12.2. The molecular weight excluding hydrogens is 314 g/mol. The molecule has 2 aromatic rings. The molecule has 1 heterocycles. The third kappa shape index (κ3) is 5.16. The third-order valence-corrected chi connectivity index (χ3v) is 4.44. The number of ether oxygens (including phenoxy) is 2. The van der Waals surface area contributed by atoms with E-state index in [4.69, 9.17) is 15.2 Å². The van der Waals surface area contributed by atoms with Crippen LogP contribution in [-0.2, 0) is 4.74 Å². The van der Waals surface area contributed by atoms with Crippen LogP contribution in [0.15, 0.2) is 30.3 Å². The van der Waals surface area contributed by atoms with Crippen molar-refractivity contribution in [2.75, 3.05) is 19.6 Å². The topological polar surface area (TPSA) is 70.3 Å². The zero-order valence-corrected chi connectivity index (χ0v) is 15.5. The number of hydrogen-bond donors (Lipinski definition) is 1. The summed E-state index contributed by atoms with van der Waals surface area (Å²) in [4.78, 5) is 0. The van der Waals surface area contributed by atoms with Crippen LogP contribution in [0.1, 0.15) is 57.4 Å². The fraction of sp³-hybridized carbons (Fsp3) is 0.500. The van der Waals surface area contributed by atoms with Crippen molar-refractivity contribution < 1.29 is 9.47 Å². The Morgan fingerprint density at radius 2 is 1.92 bits per heavy atom. The van der Waals surface area contributed by atoms with E-state index in [0.717, 1.165) is 35.4 Å². The van der Waals surface area contributed by atoms with Gasteiger partial charge in [-0.3, -0.25) is 0 Å². The second kappa shape index (κ2) is 9.99. The number of anilines is 1. The SMILES string of the molecule is CCCCCC(CC)c1cc(-c2ccccc2OCOC)nnc1N. The van der Waals surface area contributed by atoms with Crippen molar-refractivity contribution in [3.05, 3.63) is 35.9 Å². The lowest BCUT2D eigenvalue weighted by Crippen LogP contribution is -2.07. The molecule has 0 saturated carbocycles. The Morgan fingerprint density at radius 1 is 1.12 bits per heavy atom. The van der Waals surface area contributed by atoms with E-state index < -0.39 is 0 Å². The molecule has 1 aromatic heterocycles. The molecule has 0 amide bonds. The van der Waals surface area contributed by atoms with E-state index in [1.807, 2.05) is 24.3 Å². The maximum Gasteiger partial charge on any atom is 0.188 e. The van der Waals surface area contributed by atoms with Crippen LogP contribution in [0, 0.1) is 0 Å². The Balaban J connectivity index is 2.32. The lowest BCUT2D eigenvalue weighted by atomic mass is 9.90. The summed E-state index contributed by atoms with van der Waals surface area (Å²) < 4.78 is 10.7. The van der Waals surface area contributed by atoms with Gasteiger partial charge in [-0.15, -0.1) is 10.2 Å². The number of nitrogens with two attached hydrogens (primary N) is 1. The molecular formula is C20H29N3O2. The molecule has 5 nitrogen and oxygen atoms in total. The summed E-state index contributed by atoms with van der Waals surface area (Å²) >= 11 is 0. The molecule has 0 saturated heterocycles. The highest BCUT2D eigenvalue weighted by atomic mass is 16.7. The number of methoxy groups -OCH3 is 1. The van der Waals surface area contributed by atoms with E-state index in [2.05, 4.69) is 30.1 Å². The van der Waals surface area contributed by atoms with Crippen molar-refractivity contribution in [2.24, 2.45) is 0 Å². The zero-order valence-electron chi connectivity index (χ0n) is 15.5. The van der Waals surface area contributed by atoms with E-state index in [1.54, 1.807) is 7.11 Å². The van der Waals surface area contributed by atoms with Gasteiger partial charge in [0.05, 0.1) is 5.69 Å². The molecule has 0 aliphatic rings. The highest BCUT2D eigenvalue weighted by molar-refractivity contribution is 5.68. The predicted octanol–water partition coefficient (Wildman–Crippen LogP) is 4.78. The van der Waals surface area contributed by atoms with Crippen LogP contribution >= 0.6 is 0 Å². The quantitative estimate of drug-likeness (QED) is 0.496. The maximum atomic E-state index is 6.14. The van der Waals surface area contributed by atoms with E-state index in [0.29, 0.717) is 11.7 Å². The lowest BCUT2D eigenvalue weighted by molar-refractivity contribution is 0.0515. The van der Waals surface area contributed by atoms with Crippen LogP contribution in [0.3, 0.4) is 0 Å². The van der Waals surface area contributed by atoms with E-state index >= 15 is 0 Å².